The van der Waals surface area contributed by atoms with Gasteiger partial charge in [-0.25, -0.2) is 4.98 Å². The van der Waals surface area contributed by atoms with E-state index in [0.29, 0.717) is 6.04 Å². The van der Waals surface area contributed by atoms with Crippen molar-refractivity contribution in [3.05, 3.63) is 29.8 Å². The van der Waals surface area contributed by atoms with Crippen LogP contribution in [0.25, 0.3) is 0 Å². The van der Waals surface area contributed by atoms with Crippen LogP contribution in [0.2, 0.25) is 0 Å². The molecule has 1 aliphatic rings. The van der Waals surface area contributed by atoms with E-state index in [9.17, 15) is 4.39 Å². The molecule has 1 atom stereocenters. The Bertz CT molecular complexity index is 258. The summed E-state index contributed by atoms with van der Waals surface area (Å²) < 4.78 is 12.5. The molecule has 1 N–H and O–H groups in total. The average molecular weight is 152 g/mol. The highest BCUT2D eigenvalue weighted by Gasteiger charge is 2.18. The predicted octanol–water partition coefficient (Wildman–Crippen LogP) is 1.26. The fourth-order valence-corrected chi connectivity index (χ4v) is 1.21. The van der Waals surface area contributed by atoms with E-state index >= 15 is 0 Å². The van der Waals surface area contributed by atoms with Crippen LogP contribution >= 0.6 is 0 Å². The zero-order valence-electron chi connectivity index (χ0n) is 6.05. The minimum absolute atomic E-state index is 0.354. The molecule has 1 aromatic rings. The van der Waals surface area contributed by atoms with Gasteiger partial charge in [-0.05, 0) is 30.7 Å². The van der Waals surface area contributed by atoms with E-state index in [1.165, 1.54) is 12.3 Å². The molecule has 0 radical (unpaired) electrons. The Labute approximate surface area is 64.5 Å². The molecule has 58 valence electrons. The van der Waals surface area contributed by atoms with Crippen molar-refractivity contribution < 1.29 is 4.39 Å². The van der Waals surface area contributed by atoms with Gasteiger partial charge in [-0.2, -0.15) is 4.39 Å². The molecule has 0 bridgehead atoms. The van der Waals surface area contributed by atoms with Crippen LogP contribution in [0, 0.1) is 5.95 Å². The number of nitrogens with zero attached hydrogens (tertiary/aromatic N) is 1. The molecule has 0 aliphatic carbocycles. The summed E-state index contributed by atoms with van der Waals surface area (Å²) in [5, 5.41) is 3.19. The molecular formula is C8H9FN2. The first-order valence-corrected chi connectivity index (χ1v) is 3.71. The van der Waals surface area contributed by atoms with Gasteiger partial charge in [0.05, 0.1) is 0 Å². The molecule has 2 rings (SSSR count). The maximum atomic E-state index is 12.5. The van der Waals surface area contributed by atoms with E-state index in [2.05, 4.69) is 10.3 Å². The predicted molar refractivity (Wildman–Crippen MR) is 39.6 cm³/mol. The minimum atomic E-state index is -0.392. The Kier molecular flexibility index (Phi) is 1.58. The van der Waals surface area contributed by atoms with Crippen molar-refractivity contribution in [3.8, 4) is 0 Å². The molecule has 1 saturated heterocycles. The Morgan fingerprint density at radius 3 is 3.00 bits per heavy atom. The number of aromatic nitrogens is 1. The van der Waals surface area contributed by atoms with Gasteiger partial charge < -0.3 is 5.32 Å². The van der Waals surface area contributed by atoms with Gasteiger partial charge in [0.25, 0.3) is 0 Å². The molecule has 2 heterocycles. The fraction of sp³-hybridized carbons (Fsp3) is 0.375. The lowest BCUT2D eigenvalue weighted by Crippen LogP contribution is -2.34. The van der Waals surface area contributed by atoms with Crippen molar-refractivity contribution in [2.24, 2.45) is 0 Å². The smallest absolute Gasteiger partial charge is 0.213 e. The van der Waals surface area contributed by atoms with Crippen molar-refractivity contribution in [1.82, 2.24) is 10.3 Å². The van der Waals surface area contributed by atoms with Crippen molar-refractivity contribution in [3.63, 3.8) is 0 Å². The zero-order valence-corrected chi connectivity index (χ0v) is 6.05. The highest BCUT2D eigenvalue weighted by molar-refractivity contribution is 5.17. The molecule has 1 fully saturated rings. The molecule has 3 heteroatoms. The summed E-state index contributed by atoms with van der Waals surface area (Å²) >= 11 is 0. The normalized spacial score (nSPS) is 22.8. The van der Waals surface area contributed by atoms with Gasteiger partial charge in [-0.1, -0.05) is 0 Å². The monoisotopic (exact) mass is 152 g/mol. The second-order valence-electron chi connectivity index (χ2n) is 2.71. The summed E-state index contributed by atoms with van der Waals surface area (Å²) in [5.41, 5.74) is 1.00. The molecular weight excluding hydrogens is 143 g/mol. The Hall–Kier alpha value is -0.960. The van der Waals surface area contributed by atoms with E-state index in [1.54, 1.807) is 0 Å². The fourth-order valence-electron chi connectivity index (χ4n) is 1.21. The third-order valence-electron chi connectivity index (χ3n) is 1.98. The molecule has 0 spiro atoms. The highest BCUT2D eigenvalue weighted by atomic mass is 19.1. The van der Waals surface area contributed by atoms with Crippen molar-refractivity contribution in [2.75, 3.05) is 6.54 Å². The first-order chi connectivity index (χ1) is 5.36. The zero-order chi connectivity index (χ0) is 7.68. The van der Waals surface area contributed by atoms with Crippen molar-refractivity contribution in [2.45, 2.75) is 12.5 Å². The Morgan fingerprint density at radius 1 is 1.64 bits per heavy atom. The molecule has 1 aromatic heterocycles. The van der Waals surface area contributed by atoms with Gasteiger partial charge in [0.1, 0.15) is 0 Å². The standard InChI is InChI=1S/C8H9FN2/c9-8-5-6(1-3-11-8)7-2-4-10-7/h1,3,5,7,10H,2,4H2/t7-/m1/s1. The third-order valence-corrected chi connectivity index (χ3v) is 1.98. The maximum Gasteiger partial charge on any atom is 0.213 e. The Balaban J connectivity index is 2.23. The first kappa shape index (κ1) is 6.73. The molecule has 0 aromatic carbocycles. The summed E-state index contributed by atoms with van der Waals surface area (Å²) in [6.45, 7) is 1.04. The highest BCUT2D eigenvalue weighted by Crippen LogP contribution is 2.21. The van der Waals surface area contributed by atoms with Gasteiger partial charge in [0.2, 0.25) is 5.95 Å². The second kappa shape index (κ2) is 2.58. The number of hydrogen-bond acceptors (Lipinski definition) is 2. The number of rotatable bonds is 1. The number of halogens is 1. The SMILES string of the molecule is Fc1cc([C@H]2CCN2)ccn1. The second-order valence-corrected chi connectivity index (χ2v) is 2.71. The van der Waals surface area contributed by atoms with Crippen molar-refractivity contribution >= 4 is 0 Å². The number of hydrogen-bond donors (Lipinski definition) is 1. The summed E-state index contributed by atoms with van der Waals surface area (Å²) in [4.78, 5) is 3.49. The lowest BCUT2D eigenvalue weighted by atomic mass is 9.99. The van der Waals surface area contributed by atoms with Crippen LogP contribution < -0.4 is 5.32 Å². The van der Waals surface area contributed by atoms with E-state index in [-0.39, 0.29) is 0 Å². The summed E-state index contributed by atoms with van der Waals surface area (Å²) in [6, 6.07) is 3.68. The molecule has 0 amide bonds. The molecule has 11 heavy (non-hydrogen) atoms. The molecule has 0 saturated carbocycles. The van der Waals surface area contributed by atoms with Crippen LogP contribution in [0.15, 0.2) is 18.3 Å². The summed E-state index contributed by atoms with van der Waals surface area (Å²) in [5.74, 6) is -0.392. The van der Waals surface area contributed by atoms with Crippen LogP contribution in [0.3, 0.4) is 0 Å². The summed E-state index contributed by atoms with van der Waals surface area (Å²) in [6.07, 6.45) is 2.61. The lowest BCUT2D eigenvalue weighted by molar-refractivity contribution is 0.381. The van der Waals surface area contributed by atoms with Gasteiger partial charge in [-0.15, -0.1) is 0 Å². The average Bonchev–Trinajstić information content (AvgIpc) is 1.83. The number of nitrogens with one attached hydrogen (secondary N) is 1. The van der Waals surface area contributed by atoms with E-state index in [4.69, 9.17) is 0 Å². The number of pyridine rings is 1. The van der Waals surface area contributed by atoms with Crippen molar-refractivity contribution in [1.29, 1.82) is 0 Å². The Morgan fingerprint density at radius 2 is 2.45 bits per heavy atom. The topological polar surface area (TPSA) is 24.9 Å². The van der Waals surface area contributed by atoms with Crippen LogP contribution in [-0.2, 0) is 0 Å². The first-order valence-electron chi connectivity index (χ1n) is 3.71. The van der Waals surface area contributed by atoms with E-state index in [0.717, 1.165) is 18.5 Å². The van der Waals surface area contributed by atoms with Gasteiger partial charge in [0.15, 0.2) is 0 Å². The molecule has 1 aliphatic heterocycles. The molecule has 2 nitrogen and oxygen atoms in total. The van der Waals surface area contributed by atoms with Crippen LogP contribution in [0.4, 0.5) is 4.39 Å². The van der Waals surface area contributed by atoms with Gasteiger partial charge in [-0.3, -0.25) is 0 Å². The minimum Gasteiger partial charge on any atom is -0.310 e. The van der Waals surface area contributed by atoms with Gasteiger partial charge in [0, 0.05) is 12.2 Å². The van der Waals surface area contributed by atoms with E-state index in [1.807, 2.05) is 6.07 Å². The van der Waals surface area contributed by atoms with Crippen LogP contribution in [0.1, 0.15) is 18.0 Å². The van der Waals surface area contributed by atoms with Crippen LogP contribution in [-0.4, -0.2) is 11.5 Å². The molecule has 0 unspecified atom stereocenters. The quantitative estimate of drug-likeness (QED) is 0.613. The maximum absolute atomic E-state index is 12.5. The van der Waals surface area contributed by atoms with Gasteiger partial charge >= 0.3 is 0 Å². The summed E-state index contributed by atoms with van der Waals surface area (Å²) in [7, 11) is 0. The van der Waals surface area contributed by atoms with Crippen LogP contribution in [0.5, 0.6) is 0 Å². The largest absolute Gasteiger partial charge is 0.310 e. The lowest BCUT2D eigenvalue weighted by Gasteiger charge is -2.27. The van der Waals surface area contributed by atoms with E-state index < -0.39 is 5.95 Å². The third kappa shape index (κ3) is 1.24.